The topological polar surface area (TPSA) is 49.8 Å². The highest BCUT2D eigenvalue weighted by Crippen LogP contribution is 2.27. The summed E-state index contributed by atoms with van der Waals surface area (Å²) in [5, 5.41) is 11.0. The van der Waals surface area contributed by atoms with Gasteiger partial charge >= 0.3 is 0 Å². The Hall–Kier alpha value is -1.14. The molecule has 1 atom stereocenters. The summed E-state index contributed by atoms with van der Waals surface area (Å²) in [7, 11) is 0. The maximum atomic E-state index is 4.31. The molecular weight excluding hydrogens is 336 g/mol. The Morgan fingerprint density at radius 3 is 2.85 bits per heavy atom. The van der Waals surface area contributed by atoms with Crippen LogP contribution in [-0.4, -0.2) is 22.6 Å². The Kier molecular flexibility index (Phi) is 5.79. The molecule has 0 aromatic carbocycles. The Bertz CT molecular complexity index is 530. The van der Waals surface area contributed by atoms with Gasteiger partial charge in [0.15, 0.2) is 0 Å². The first-order valence-corrected chi connectivity index (χ1v) is 8.46. The van der Waals surface area contributed by atoms with E-state index in [1.807, 2.05) is 0 Å². The highest BCUT2D eigenvalue weighted by molar-refractivity contribution is 9.10. The van der Waals surface area contributed by atoms with Crippen LogP contribution >= 0.6 is 27.3 Å². The third-order valence-electron chi connectivity index (χ3n) is 2.84. The normalized spacial score (nSPS) is 12.2. The minimum absolute atomic E-state index is 0.315. The van der Waals surface area contributed by atoms with Gasteiger partial charge < -0.3 is 10.6 Å². The number of anilines is 2. The summed E-state index contributed by atoms with van der Waals surface area (Å²) in [6, 6.07) is 2.47. The van der Waals surface area contributed by atoms with E-state index in [2.05, 4.69) is 67.2 Å². The standard InChI is InChI=1S/C14H19BrN4S/c1-3-5-16-13-12(15)14(18-9-17-13)19-10(2)7-11-4-6-20-8-11/h4,6,8-10H,3,5,7H2,1-2H3,(H2,16,17,18,19). The van der Waals surface area contributed by atoms with Gasteiger partial charge in [0.1, 0.15) is 22.4 Å². The summed E-state index contributed by atoms with van der Waals surface area (Å²) < 4.78 is 0.894. The molecule has 0 amide bonds. The predicted octanol–water partition coefficient (Wildman–Crippen LogP) is 4.17. The zero-order valence-corrected chi connectivity index (χ0v) is 14.1. The first-order chi connectivity index (χ1) is 9.70. The predicted molar refractivity (Wildman–Crippen MR) is 89.6 cm³/mol. The summed E-state index contributed by atoms with van der Waals surface area (Å²) in [5.74, 6) is 1.67. The molecule has 0 fully saturated rings. The lowest BCUT2D eigenvalue weighted by Crippen LogP contribution is -2.19. The number of hydrogen-bond acceptors (Lipinski definition) is 5. The second-order valence-electron chi connectivity index (χ2n) is 4.69. The maximum absolute atomic E-state index is 4.31. The Balaban J connectivity index is 2.01. The van der Waals surface area contributed by atoms with E-state index in [0.29, 0.717) is 6.04 Å². The van der Waals surface area contributed by atoms with E-state index in [9.17, 15) is 0 Å². The van der Waals surface area contributed by atoms with Crippen molar-refractivity contribution in [2.45, 2.75) is 32.7 Å². The zero-order valence-electron chi connectivity index (χ0n) is 11.7. The van der Waals surface area contributed by atoms with Crippen molar-refractivity contribution in [1.82, 2.24) is 9.97 Å². The monoisotopic (exact) mass is 354 g/mol. The lowest BCUT2D eigenvalue weighted by molar-refractivity contribution is 0.784. The number of hydrogen-bond donors (Lipinski definition) is 2. The van der Waals surface area contributed by atoms with Gasteiger partial charge in [0.2, 0.25) is 0 Å². The van der Waals surface area contributed by atoms with Crippen molar-refractivity contribution in [1.29, 1.82) is 0 Å². The number of nitrogens with zero attached hydrogens (tertiary/aromatic N) is 2. The van der Waals surface area contributed by atoms with Crippen LogP contribution in [0.25, 0.3) is 0 Å². The van der Waals surface area contributed by atoms with Crippen LogP contribution in [0.5, 0.6) is 0 Å². The molecule has 4 nitrogen and oxygen atoms in total. The first kappa shape index (κ1) is 15.3. The first-order valence-electron chi connectivity index (χ1n) is 6.72. The number of rotatable bonds is 7. The quantitative estimate of drug-likeness (QED) is 0.783. The Morgan fingerprint density at radius 1 is 1.35 bits per heavy atom. The highest BCUT2D eigenvalue weighted by Gasteiger charge is 2.11. The highest BCUT2D eigenvalue weighted by atomic mass is 79.9. The SMILES string of the molecule is CCCNc1ncnc(NC(C)Cc2ccsc2)c1Br. The van der Waals surface area contributed by atoms with Crippen molar-refractivity contribution < 1.29 is 0 Å². The molecule has 0 aliphatic rings. The fourth-order valence-corrected chi connectivity index (χ4v) is 3.02. The molecular formula is C14H19BrN4S. The van der Waals surface area contributed by atoms with Crippen LogP contribution in [0.4, 0.5) is 11.6 Å². The summed E-state index contributed by atoms with van der Waals surface area (Å²) >= 11 is 5.30. The van der Waals surface area contributed by atoms with Crippen molar-refractivity contribution in [3.8, 4) is 0 Å². The molecule has 2 aromatic rings. The molecule has 2 aromatic heterocycles. The van der Waals surface area contributed by atoms with E-state index in [-0.39, 0.29) is 0 Å². The summed E-state index contributed by atoms with van der Waals surface area (Å²) in [5.41, 5.74) is 1.35. The smallest absolute Gasteiger partial charge is 0.146 e. The molecule has 20 heavy (non-hydrogen) atoms. The third kappa shape index (κ3) is 4.18. The molecule has 6 heteroatoms. The molecule has 0 radical (unpaired) electrons. The average molecular weight is 355 g/mol. The van der Waals surface area contributed by atoms with E-state index in [4.69, 9.17) is 0 Å². The van der Waals surface area contributed by atoms with Gasteiger partial charge in [-0.1, -0.05) is 6.92 Å². The number of halogens is 1. The molecule has 2 rings (SSSR count). The van der Waals surface area contributed by atoms with E-state index in [0.717, 1.165) is 35.5 Å². The lowest BCUT2D eigenvalue weighted by Gasteiger charge is -2.16. The van der Waals surface area contributed by atoms with E-state index in [1.54, 1.807) is 17.7 Å². The summed E-state index contributed by atoms with van der Waals surface area (Å²) in [4.78, 5) is 8.56. The number of aromatic nitrogens is 2. The third-order valence-corrected chi connectivity index (χ3v) is 4.32. The van der Waals surface area contributed by atoms with Crippen LogP contribution in [0.2, 0.25) is 0 Å². The van der Waals surface area contributed by atoms with Gasteiger partial charge in [0.05, 0.1) is 0 Å². The van der Waals surface area contributed by atoms with E-state index < -0.39 is 0 Å². The molecule has 0 aliphatic heterocycles. The fraction of sp³-hybridized carbons (Fsp3) is 0.429. The van der Waals surface area contributed by atoms with Gasteiger partial charge in [0, 0.05) is 12.6 Å². The molecule has 108 valence electrons. The van der Waals surface area contributed by atoms with Crippen LogP contribution in [-0.2, 0) is 6.42 Å². The molecule has 0 bridgehead atoms. The zero-order chi connectivity index (χ0) is 14.4. The van der Waals surface area contributed by atoms with Gasteiger partial charge in [-0.25, -0.2) is 9.97 Å². The molecule has 2 heterocycles. The van der Waals surface area contributed by atoms with Crippen LogP contribution in [0.1, 0.15) is 25.8 Å². The van der Waals surface area contributed by atoms with Gasteiger partial charge in [-0.2, -0.15) is 11.3 Å². The molecule has 0 aliphatic carbocycles. The fourth-order valence-electron chi connectivity index (χ4n) is 1.88. The largest absolute Gasteiger partial charge is 0.369 e. The molecule has 0 saturated carbocycles. The second-order valence-corrected chi connectivity index (χ2v) is 6.27. The average Bonchev–Trinajstić information content (AvgIpc) is 2.92. The van der Waals surface area contributed by atoms with Crippen molar-refractivity contribution in [2.75, 3.05) is 17.2 Å². The minimum atomic E-state index is 0.315. The molecule has 1 unspecified atom stereocenters. The van der Waals surface area contributed by atoms with Crippen LogP contribution in [0.3, 0.4) is 0 Å². The van der Waals surface area contributed by atoms with Gasteiger partial charge in [-0.05, 0) is 58.1 Å². The van der Waals surface area contributed by atoms with Crippen molar-refractivity contribution in [3.05, 3.63) is 33.2 Å². The van der Waals surface area contributed by atoms with E-state index in [1.165, 1.54) is 5.56 Å². The lowest BCUT2D eigenvalue weighted by atomic mass is 10.1. The van der Waals surface area contributed by atoms with Crippen molar-refractivity contribution in [3.63, 3.8) is 0 Å². The van der Waals surface area contributed by atoms with Gasteiger partial charge in [0.25, 0.3) is 0 Å². The van der Waals surface area contributed by atoms with Gasteiger partial charge in [-0.15, -0.1) is 0 Å². The van der Waals surface area contributed by atoms with Crippen molar-refractivity contribution >= 4 is 38.9 Å². The van der Waals surface area contributed by atoms with Crippen LogP contribution in [0, 0.1) is 0 Å². The van der Waals surface area contributed by atoms with Crippen LogP contribution < -0.4 is 10.6 Å². The minimum Gasteiger partial charge on any atom is -0.369 e. The molecule has 0 saturated heterocycles. The number of thiophene rings is 1. The maximum Gasteiger partial charge on any atom is 0.146 e. The van der Waals surface area contributed by atoms with Crippen LogP contribution in [0.15, 0.2) is 27.6 Å². The summed E-state index contributed by atoms with van der Waals surface area (Å²) in [6.07, 6.45) is 3.63. The molecule has 2 N–H and O–H groups in total. The van der Waals surface area contributed by atoms with Gasteiger partial charge in [-0.3, -0.25) is 0 Å². The van der Waals surface area contributed by atoms with E-state index >= 15 is 0 Å². The Labute approximate surface area is 132 Å². The Morgan fingerprint density at radius 2 is 2.15 bits per heavy atom. The second kappa shape index (κ2) is 7.59. The number of nitrogens with one attached hydrogen (secondary N) is 2. The molecule has 0 spiro atoms. The summed E-state index contributed by atoms with van der Waals surface area (Å²) in [6.45, 7) is 5.19. The van der Waals surface area contributed by atoms with Crippen molar-refractivity contribution in [2.24, 2.45) is 0 Å².